The first-order valence-electron chi connectivity index (χ1n) is 4.87. The summed E-state index contributed by atoms with van der Waals surface area (Å²) in [6, 6.07) is 3.28. The molecular formula is C10H12N4O2S. The van der Waals surface area contributed by atoms with Crippen LogP contribution in [-0.2, 0) is 4.79 Å². The molecule has 17 heavy (non-hydrogen) atoms. The van der Waals surface area contributed by atoms with Crippen LogP contribution >= 0.6 is 12.2 Å². The molecule has 0 bridgehead atoms. The van der Waals surface area contributed by atoms with E-state index in [2.05, 4.69) is 27.7 Å². The number of nitrogens with two attached hydrogens (primary N) is 1. The number of nitrogens with one attached hydrogen (secondary N) is 1. The van der Waals surface area contributed by atoms with Gasteiger partial charge >= 0.3 is 5.97 Å². The minimum atomic E-state index is -0.302. The summed E-state index contributed by atoms with van der Waals surface area (Å²) >= 11 is 4.57. The van der Waals surface area contributed by atoms with Crippen LogP contribution in [0.25, 0.3) is 0 Å². The average Bonchev–Trinajstić information content (AvgIpc) is 2.31. The first-order valence-corrected chi connectivity index (χ1v) is 5.28. The molecule has 1 aromatic rings. The van der Waals surface area contributed by atoms with Gasteiger partial charge < -0.3 is 10.5 Å². The van der Waals surface area contributed by atoms with Gasteiger partial charge in [0.05, 0.1) is 18.1 Å². The fraction of sp³-hybridized carbons (Fsp3) is 0.200. The van der Waals surface area contributed by atoms with E-state index in [0.717, 1.165) is 0 Å². The zero-order valence-corrected chi connectivity index (χ0v) is 10.0. The van der Waals surface area contributed by atoms with Crippen molar-refractivity contribution in [3.05, 3.63) is 24.0 Å². The highest BCUT2D eigenvalue weighted by molar-refractivity contribution is 7.80. The first-order chi connectivity index (χ1) is 8.11. The largest absolute Gasteiger partial charge is 0.425 e. The van der Waals surface area contributed by atoms with E-state index in [0.29, 0.717) is 17.9 Å². The number of carbonyl (C=O) groups excluding carboxylic acids is 1. The molecule has 1 rings (SSSR count). The molecule has 0 aliphatic carbocycles. The second-order valence-electron chi connectivity index (χ2n) is 2.98. The van der Waals surface area contributed by atoms with Crippen molar-refractivity contribution in [3.63, 3.8) is 0 Å². The predicted octanol–water partition coefficient (Wildman–Crippen LogP) is 0.564. The molecule has 0 atom stereocenters. The maximum Gasteiger partial charge on any atom is 0.310 e. The second-order valence-corrected chi connectivity index (χ2v) is 3.42. The van der Waals surface area contributed by atoms with E-state index in [-0.39, 0.29) is 11.1 Å². The van der Waals surface area contributed by atoms with Crippen molar-refractivity contribution in [3.8, 4) is 5.75 Å². The van der Waals surface area contributed by atoms with Gasteiger partial charge in [-0.2, -0.15) is 5.10 Å². The van der Waals surface area contributed by atoms with E-state index in [1.54, 1.807) is 19.1 Å². The van der Waals surface area contributed by atoms with Gasteiger partial charge in [0.15, 0.2) is 5.11 Å². The van der Waals surface area contributed by atoms with Crippen LogP contribution in [0, 0.1) is 0 Å². The molecule has 3 N–H and O–H groups in total. The molecule has 0 aliphatic rings. The lowest BCUT2D eigenvalue weighted by atomic mass is 10.3. The molecule has 0 radical (unpaired) electrons. The third kappa shape index (κ3) is 5.03. The van der Waals surface area contributed by atoms with Crippen LogP contribution < -0.4 is 15.9 Å². The molecule has 1 heterocycles. The number of pyridine rings is 1. The number of esters is 1. The fourth-order valence-electron chi connectivity index (χ4n) is 0.894. The molecule has 7 heteroatoms. The van der Waals surface area contributed by atoms with Crippen molar-refractivity contribution < 1.29 is 9.53 Å². The van der Waals surface area contributed by atoms with Crippen LogP contribution in [0.3, 0.4) is 0 Å². The van der Waals surface area contributed by atoms with Crippen LogP contribution in [0.5, 0.6) is 5.75 Å². The SMILES string of the molecule is CCC(=O)Oc1ccc(/C=N/NC(N)=S)nc1. The van der Waals surface area contributed by atoms with E-state index in [9.17, 15) is 4.79 Å². The Kier molecular flexibility index (Phi) is 5.02. The maximum absolute atomic E-state index is 11.0. The molecular weight excluding hydrogens is 240 g/mol. The topological polar surface area (TPSA) is 89.6 Å². The first kappa shape index (κ1) is 13.0. The lowest BCUT2D eigenvalue weighted by Gasteiger charge is -2.01. The Labute approximate surface area is 104 Å². The van der Waals surface area contributed by atoms with Crippen molar-refractivity contribution in [1.82, 2.24) is 10.4 Å². The van der Waals surface area contributed by atoms with Crippen LogP contribution in [0.1, 0.15) is 19.0 Å². The lowest BCUT2D eigenvalue weighted by molar-refractivity contribution is -0.134. The van der Waals surface area contributed by atoms with Crippen molar-refractivity contribution in [1.29, 1.82) is 0 Å². The number of rotatable bonds is 4. The number of hydrazone groups is 1. The number of ether oxygens (including phenoxy) is 1. The number of thiocarbonyl (C=S) groups is 1. The molecule has 0 amide bonds. The lowest BCUT2D eigenvalue weighted by Crippen LogP contribution is -2.24. The summed E-state index contributed by atoms with van der Waals surface area (Å²) in [7, 11) is 0. The van der Waals surface area contributed by atoms with E-state index in [4.69, 9.17) is 10.5 Å². The summed E-state index contributed by atoms with van der Waals surface area (Å²) < 4.78 is 4.96. The van der Waals surface area contributed by atoms with Crippen molar-refractivity contribution in [2.75, 3.05) is 0 Å². The van der Waals surface area contributed by atoms with E-state index in [1.165, 1.54) is 12.4 Å². The predicted molar refractivity (Wildman–Crippen MR) is 67.7 cm³/mol. The number of aromatic nitrogens is 1. The summed E-state index contributed by atoms with van der Waals surface area (Å²) in [5.74, 6) is 0.0969. The van der Waals surface area contributed by atoms with E-state index in [1.807, 2.05) is 0 Å². The van der Waals surface area contributed by atoms with E-state index >= 15 is 0 Å². The Balaban J connectivity index is 2.58. The zero-order chi connectivity index (χ0) is 12.7. The van der Waals surface area contributed by atoms with Crippen LogP contribution in [-0.4, -0.2) is 22.3 Å². The normalized spacial score (nSPS) is 10.2. The van der Waals surface area contributed by atoms with Crippen molar-refractivity contribution in [2.45, 2.75) is 13.3 Å². The number of hydrogen-bond acceptors (Lipinski definition) is 5. The Morgan fingerprint density at radius 1 is 1.71 bits per heavy atom. The van der Waals surface area contributed by atoms with Gasteiger partial charge in [0.2, 0.25) is 0 Å². The van der Waals surface area contributed by atoms with Gasteiger partial charge in [-0.25, -0.2) is 0 Å². The summed E-state index contributed by atoms with van der Waals surface area (Å²) in [5.41, 5.74) is 8.17. The fourth-order valence-corrected chi connectivity index (χ4v) is 0.947. The summed E-state index contributed by atoms with van der Waals surface area (Å²) in [6.07, 6.45) is 3.21. The van der Waals surface area contributed by atoms with Crippen molar-refractivity contribution >= 4 is 29.5 Å². The molecule has 0 saturated heterocycles. The van der Waals surface area contributed by atoms with Crippen molar-refractivity contribution in [2.24, 2.45) is 10.8 Å². The van der Waals surface area contributed by atoms with Crippen LogP contribution in [0.2, 0.25) is 0 Å². The molecule has 1 aromatic heterocycles. The maximum atomic E-state index is 11.0. The molecule has 0 aliphatic heterocycles. The zero-order valence-electron chi connectivity index (χ0n) is 9.21. The average molecular weight is 252 g/mol. The Bertz CT molecular complexity index is 430. The summed E-state index contributed by atoms with van der Waals surface area (Å²) in [5, 5.41) is 3.81. The third-order valence-electron chi connectivity index (χ3n) is 1.65. The monoisotopic (exact) mass is 252 g/mol. The quantitative estimate of drug-likeness (QED) is 0.352. The highest BCUT2D eigenvalue weighted by Crippen LogP contribution is 2.08. The molecule has 90 valence electrons. The Morgan fingerprint density at radius 3 is 3.00 bits per heavy atom. The van der Waals surface area contributed by atoms with Gasteiger partial charge in [-0.1, -0.05) is 6.92 Å². The molecule has 0 unspecified atom stereocenters. The van der Waals surface area contributed by atoms with E-state index < -0.39 is 0 Å². The molecule has 0 saturated carbocycles. The summed E-state index contributed by atoms with van der Waals surface area (Å²) in [4.78, 5) is 15.0. The van der Waals surface area contributed by atoms with Gasteiger partial charge in [-0.15, -0.1) is 0 Å². The Hall–Kier alpha value is -2.02. The van der Waals surface area contributed by atoms with Crippen LogP contribution in [0.15, 0.2) is 23.4 Å². The minimum Gasteiger partial charge on any atom is -0.425 e. The minimum absolute atomic E-state index is 0.0785. The molecule has 0 spiro atoms. The smallest absolute Gasteiger partial charge is 0.310 e. The van der Waals surface area contributed by atoms with Gasteiger partial charge in [0, 0.05) is 6.42 Å². The van der Waals surface area contributed by atoms with Gasteiger partial charge in [-0.3, -0.25) is 15.2 Å². The highest BCUT2D eigenvalue weighted by Gasteiger charge is 2.01. The highest BCUT2D eigenvalue weighted by atomic mass is 32.1. The number of carbonyl (C=O) groups is 1. The Morgan fingerprint density at radius 2 is 2.47 bits per heavy atom. The van der Waals surface area contributed by atoms with Gasteiger partial charge in [0.25, 0.3) is 0 Å². The van der Waals surface area contributed by atoms with Gasteiger partial charge in [-0.05, 0) is 24.4 Å². The third-order valence-corrected chi connectivity index (χ3v) is 1.74. The summed E-state index contributed by atoms with van der Waals surface area (Å²) in [6.45, 7) is 1.72. The molecule has 6 nitrogen and oxygen atoms in total. The van der Waals surface area contributed by atoms with Crippen LogP contribution in [0.4, 0.5) is 0 Å². The standard InChI is InChI=1S/C10H12N4O2S/c1-2-9(15)16-8-4-3-7(12-6-8)5-13-14-10(11)17/h3-6H,2H2,1H3,(H3,11,14,17)/b13-5+. The number of nitrogens with zero attached hydrogens (tertiary/aromatic N) is 2. The molecule has 0 aromatic carbocycles. The number of hydrogen-bond donors (Lipinski definition) is 2. The molecule has 0 fully saturated rings. The van der Waals surface area contributed by atoms with Gasteiger partial charge in [0.1, 0.15) is 5.75 Å². The second kappa shape index (κ2) is 6.54.